The molecule has 0 saturated carbocycles. The van der Waals surface area contributed by atoms with Crippen molar-refractivity contribution in [2.24, 2.45) is 0 Å². The van der Waals surface area contributed by atoms with Gasteiger partial charge in [-0.25, -0.2) is 8.78 Å². The monoisotopic (exact) mass is 382 g/mol. The summed E-state index contributed by atoms with van der Waals surface area (Å²) in [6, 6.07) is 2.57. The Bertz CT molecular complexity index is 486. The highest BCUT2D eigenvalue weighted by molar-refractivity contribution is 9.10. The van der Waals surface area contributed by atoms with Crippen molar-refractivity contribution >= 4 is 39.5 Å². The third kappa shape index (κ3) is 3.70. The van der Waals surface area contributed by atoms with Gasteiger partial charge in [-0.3, -0.25) is 0 Å². The van der Waals surface area contributed by atoms with E-state index in [4.69, 9.17) is 0 Å². The summed E-state index contributed by atoms with van der Waals surface area (Å²) in [7, 11) is 0. The topological polar surface area (TPSA) is 20.2 Å². The Morgan fingerprint density at radius 1 is 1.35 bits per heavy atom. The lowest BCUT2D eigenvalue weighted by atomic mass is 10.0. The molecule has 0 radical (unpaired) electrons. The van der Waals surface area contributed by atoms with Crippen molar-refractivity contribution in [3.05, 3.63) is 33.8 Å². The Labute approximate surface area is 135 Å². The van der Waals surface area contributed by atoms with E-state index in [1.54, 1.807) is 11.8 Å². The maximum atomic E-state index is 13.9. The highest BCUT2D eigenvalue weighted by Crippen LogP contribution is 2.38. The maximum Gasteiger partial charge on any atom is 0.143 e. The molecule has 0 aromatic heterocycles. The number of benzene rings is 1. The molecule has 1 saturated heterocycles. The van der Waals surface area contributed by atoms with E-state index in [1.807, 2.05) is 11.8 Å². The van der Waals surface area contributed by atoms with Gasteiger partial charge in [0.1, 0.15) is 11.6 Å². The van der Waals surface area contributed by atoms with Gasteiger partial charge in [0.25, 0.3) is 0 Å². The van der Waals surface area contributed by atoms with Crippen LogP contribution in [0, 0.1) is 11.6 Å². The lowest BCUT2D eigenvalue weighted by Gasteiger charge is -2.34. The van der Waals surface area contributed by atoms with Crippen LogP contribution >= 0.6 is 39.5 Å². The van der Waals surface area contributed by atoms with Gasteiger partial charge in [0.15, 0.2) is 0 Å². The Morgan fingerprint density at radius 2 is 2.05 bits per heavy atom. The Hall–Kier alpha value is 0.220. The molecule has 4 atom stereocenters. The summed E-state index contributed by atoms with van der Waals surface area (Å²) in [5.74, 6) is -0.396. The molecular formula is C14H17BrF2OS2. The van der Waals surface area contributed by atoms with E-state index in [-0.39, 0.29) is 21.7 Å². The van der Waals surface area contributed by atoms with E-state index in [0.717, 1.165) is 5.75 Å². The number of hydrogen-bond acceptors (Lipinski definition) is 3. The minimum absolute atomic E-state index is 0.0104. The normalized spacial score (nSPS) is 28.4. The van der Waals surface area contributed by atoms with Crippen LogP contribution in [0.1, 0.15) is 19.4 Å². The second kappa shape index (κ2) is 6.99. The van der Waals surface area contributed by atoms with Gasteiger partial charge in [-0.2, -0.15) is 23.5 Å². The Kier molecular flexibility index (Phi) is 5.79. The summed E-state index contributed by atoms with van der Waals surface area (Å²) in [6.45, 7) is 4.29. The van der Waals surface area contributed by atoms with Crippen molar-refractivity contribution in [1.29, 1.82) is 0 Å². The molecule has 0 spiro atoms. The molecular weight excluding hydrogens is 366 g/mol. The average Bonchev–Trinajstić information content (AvgIpc) is 2.42. The molecule has 2 rings (SSSR count). The molecule has 0 aliphatic carbocycles. The molecule has 1 aromatic rings. The summed E-state index contributed by atoms with van der Waals surface area (Å²) >= 11 is 6.57. The average molecular weight is 383 g/mol. The van der Waals surface area contributed by atoms with E-state index in [9.17, 15) is 13.9 Å². The van der Waals surface area contributed by atoms with E-state index >= 15 is 0 Å². The smallest absolute Gasteiger partial charge is 0.143 e. The van der Waals surface area contributed by atoms with Crippen molar-refractivity contribution < 1.29 is 13.9 Å². The molecule has 1 aromatic carbocycles. The SMILES string of the molecule is CC1SCC(C(O)Cc2c(F)ccc(Br)c2F)SC1C. The van der Waals surface area contributed by atoms with Gasteiger partial charge in [-0.05, 0) is 28.1 Å². The lowest BCUT2D eigenvalue weighted by Crippen LogP contribution is -2.36. The van der Waals surface area contributed by atoms with E-state index < -0.39 is 17.7 Å². The van der Waals surface area contributed by atoms with Crippen molar-refractivity contribution in [2.45, 2.75) is 42.1 Å². The largest absolute Gasteiger partial charge is 0.392 e. The van der Waals surface area contributed by atoms with Crippen LogP contribution in [0.3, 0.4) is 0 Å². The number of hydrogen-bond donors (Lipinski definition) is 1. The predicted octanol–water partition coefficient (Wildman–Crippen LogP) is 4.26. The number of aliphatic hydroxyl groups is 1. The zero-order chi connectivity index (χ0) is 14.9. The first-order valence-electron chi connectivity index (χ1n) is 6.47. The summed E-state index contributed by atoms with van der Waals surface area (Å²) < 4.78 is 27.9. The minimum Gasteiger partial charge on any atom is -0.392 e. The van der Waals surface area contributed by atoms with Gasteiger partial charge >= 0.3 is 0 Å². The van der Waals surface area contributed by atoms with Crippen molar-refractivity contribution in [1.82, 2.24) is 0 Å². The molecule has 112 valence electrons. The van der Waals surface area contributed by atoms with Crippen molar-refractivity contribution in [3.63, 3.8) is 0 Å². The molecule has 1 nitrogen and oxygen atoms in total. The molecule has 6 heteroatoms. The van der Waals surface area contributed by atoms with Crippen LogP contribution in [0.25, 0.3) is 0 Å². The van der Waals surface area contributed by atoms with Gasteiger partial charge in [-0.15, -0.1) is 0 Å². The second-order valence-corrected chi connectivity index (χ2v) is 8.90. The van der Waals surface area contributed by atoms with Crippen LogP contribution in [0.2, 0.25) is 0 Å². The van der Waals surface area contributed by atoms with Gasteiger partial charge in [0, 0.05) is 33.5 Å². The zero-order valence-electron chi connectivity index (χ0n) is 11.3. The van der Waals surface area contributed by atoms with Gasteiger partial charge < -0.3 is 5.11 Å². The van der Waals surface area contributed by atoms with Crippen LogP contribution in [-0.4, -0.2) is 32.7 Å². The minimum atomic E-state index is -0.735. The third-order valence-electron chi connectivity index (χ3n) is 3.56. The van der Waals surface area contributed by atoms with E-state index in [1.165, 1.54) is 12.1 Å². The summed E-state index contributed by atoms with van der Waals surface area (Å²) in [5, 5.41) is 11.3. The quantitative estimate of drug-likeness (QED) is 0.788. The first kappa shape index (κ1) is 16.6. The molecule has 1 heterocycles. The van der Waals surface area contributed by atoms with Gasteiger partial charge in [-0.1, -0.05) is 13.8 Å². The molecule has 0 amide bonds. The molecule has 1 aliphatic rings. The predicted molar refractivity (Wildman–Crippen MR) is 86.5 cm³/mol. The maximum absolute atomic E-state index is 13.9. The zero-order valence-corrected chi connectivity index (χ0v) is 14.5. The number of aliphatic hydroxyl groups excluding tert-OH is 1. The summed E-state index contributed by atoms with van der Waals surface area (Å²) in [5.41, 5.74) is -0.0382. The molecule has 0 bridgehead atoms. The van der Waals surface area contributed by atoms with Crippen molar-refractivity contribution in [3.8, 4) is 0 Å². The van der Waals surface area contributed by atoms with E-state index in [0.29, 0.717) is 10.5 Å². The van der Waals surface area contributed by atoms with Gasteiger partial charge in [0.05, 0.1) is 10.6 Å². The van der Waals surface area contributed by atoms with Crippen LogP contribution in [0.5, 0.6) is 0 Å². The fourth-order valence-corrected chi connectivity index (χ4v) is 5.49. The first-order valence-corrected chi connectivity index (χ1v) is 9.26. The van der Waals surface area contributed by atoms with Crippen LogP contribution in [0.15, 0.2) is 16.6 Å². The Balaban J connectivity index is 2.09. The second-order valence-electron chi connectivity index (χ2n) is 5.01. The Morgan fingerprint density at radius 3 is 2.70 bits per heavy atom. The number of thioether (sulfide) groups is 2. The molecule has 1 aliphatic heterocycles. The first-order chi connectivity index (χ1) is 9.40. The summed E-state index contributed by atoms with van der Waals surface area (Å²) in [4.78, 5) is 0. The third-order valence-corrected chi connectivity index (χ3v) is 7.70. The highest BCUT2D eigenvalue weighted by Gasteiger charge is 2.31. The van der Waals surface area contributed by atoms with Crippen LogP contribution < -0.4 is 0 Å². The highest BCUT2D eigenvalue weighted by atomic mass is 79.9. The summed E-state index contributed by atoms with van der Waals surface area (Å²) in [6.07, 6.45) is -0.725. The van der Waals surface area contributed by atoms with Gasteiger partial charge in [0.2, 0.25) is 0 Å². The standard InChI is InChI=1S/C14H17BrF2OS2/c1-7-8(2)20-13(6-19-7)12(18)5-9-11(16)4-3-10(15)14(9)17/h3-4,7-8,12-13,18H,5-6H2,1-2H3. The fourth-order valence-electron chi connectivity index (χ4n) is 2.11. The lowest BCUT2D eigenvalue weighted by molar-refractivity contribution is 0.174. The number of halogens is 3. The van der Waals surface area contributed by atoms with Crippen LogP contribution in [0.4, 0.5) is 8.78 Å². The molecule has 4 unspecified atom stereocenters. The van der Waals surface area contributed by atoms with Crippen LogP contribution in [-0.2, 0) is 6.42 Å². The number of rotatable bonds is 3. The molecule has 1 N–H and O–H groups in total. The van der Waals surface area contributed by atoms with Crippen molar-refractivity contribution in [2.75, 3.05) is 5.75 Å². The molecule has 1 fully saturated rings. The molecule has 20 heavy (non-hydrogen) atoms. The van der Waals surface area contributed by atoms with E-state index in [2.05, 4.69) is 29.8 Å². The fraction of sp³-hybridized carbons (Fsp3) is 0.571.